The summed E-state index contributed by atoms with van der Waals surface area (Å²) in [5, 5.41) is 4.05. The molecule has 4 heteroatoms. The minimum Gasteiger partial charge on any atom is -0.389 e. The van der Waals surface area contributed by atoms with Crippen LogP contribution in [0.25, 0.3) is 0 Å². The van der Waals surface area contributed by atoms with Gasteiger partial charge in [-0.2, -0.15) is 0 Å². The molecule has 0 heterocycles. The highest BCUT2D eigenvalue weighted by Gasteiger charge is 2.40. The Hall–Kier alpha value is -0.800. The number of hydrogen-bond donors (Lipinski definition) is 2. The molecule has 1 aromatic rings. The lowest BCUT2D eigenvalue weighted by molar-refractivity contribution is 0.521. The second-order valence-electron chi connectivity index (χ2n) is 4.73. The molecule has 1 aromatic carbocycles. The van der Waals surface area contributed by atoms with Gasteiger partial charge in [-0.15, -0.1) is 0 Å². The number of halogens is 1. The molecule has 0 atom stereocenters. The SMILES string of the molecule is CCC1(CNc2cccc(Cl)c2C(N)=S)CC1. The molecule has 0 saturated heterocycles. The fourth-order valence-electron chi connectivity index (χ4n) is 2.04. The van der Waals surface area contributed by atoms with Crippen molar-refractivity contribution in [3.05, 3.63) is 28.8 Å². The van der Waals surface area contributed by atoms with Gasteiger partial charge < -0.3 is 11.1 Å². The molecular weight excluding hydrogens is 252 g/mol. The zero-order chi connectivity index (χ0) is 12.5. The first-order valence-corrected chi connectivity index (χ1v) is 6.69. The zero-order valence-electron chi connectivity index (χ0n) is 9.92. The van der Waals surface area contributed by atoms with Crippen molar-refractivity contribution in [3.8, 4) is 0 Å². The minimum atomic E-state index is 0.347. The van der Waals surface area contributed by atoms with Gasteiger partial charge in [0.25, 0.3) is 0 Å². The number of nitrogens with one attached hydrogen (secondary N) is 1. The molecule has 3 N–H and O–H groups in total. The Morgan fingerprint density at radius 2 is 2.24 bits per heavy atom. The van der Waals surface area contributed by atoms with Crippen LogP contribution in [0, 0.1) is 5.41 Å². The highest BCUT2D eigenvalue weighted by atomic mass is 35.5. The van der Waals surface area contributed by atoms with Gasteiger partial charge in [0.1, 0.15) is 4.99 Å². The second kappa shape index (κ2) is 4.83. The number of nitrogens with two attached hydrogens (primary N) is 1. The van der Waals surface area contributed by atoms with Crippen LogP contribution in [0.1, 0.15) is 31.7 Å². The lowest BCUT2D eigenvalue weighted by atomic mass is 10.0. The molecular formula is C13H17ClN2S. The van der Waals surface area contributed by atoms with Crippen LogP contribution in [-0.2, 0) is 0 Å². The largest absolute Gasteiger partial charge is 0.389 e. The smallest absolute Gasteiger partial charge is 0.107 e. The second-order valence-corrected chi connectivity index (χ2v) is 5.58. The normalized spacial score (nSPS) is 16.6. The fourth-order valence-corrected chi connectivity index (χ4v) is 2.59. The van der Waals surface area contributed by atoms with Crippen molar-refractivity contribution < 1.29 is 0 Å². The van der Waals surface area contributed by atoms with Crippen molar-refractivity contribution in [1.29, 1.82) is 0 Å². The van der Waals surface area contributed by atoms with E-state index in [-0.39, 0.29) is 0 Å². The summed E-state index contributed by atoms with van der Waals surface area (Å²) in [5.41, 5.74) is 7.90. The van der Waals surface area contributed by atoms with Crippen molar-refractivity contribution in [2.24, 2.45) is 11.1 Å². The highest BCUT2D eigenvalue weighted by molar-refractivity contribution is 7.80. The van der Waals surface area contributed by atoms with Crippen LogP contribution in [0.15, 0.2) is 18.2 Å². The van der Waals surface area contributed by atoms with E-state index in [1.807, 2.05) is 18.2 Å². The minimum absolute atomic E-state index is 0.347. The quantitative estimate of drug-likeness (QED) is 0.802. The van der Waals surface area contributed by atoms with Gasteiger partial charge in [-0.3, -0.25) is 0 Å². The van der Waals surface area contributed by atoms with Crippen LogP contribution in [0.3, 0.4) is 0 Å². The van der Waals surface area contributed by atoms with Gasteiger partial charge >= 0.3 is 0 Å². The van der Waals surface area contributed by atoms with E-state index in [4.69, 9.17) is 29.6 Å². The first kappa shape index (κ1) is 12.7. The summed E-state index contributed by atoms with van der Waals surface area (Å²) >= 11 is 11.2. The summed E-state index contributed by atoms with van der Waals surface area (Å²) in [6, 6.07) is 5.71. The molecule has 2 rings (SSSR count). The highest BCUT2D eigenvalue weighted by Crippen LogP contribution is 2.48. The van der Waals surface area contributed by atoms with Gasteiger partial charge in [-0.25, -0.2) is 0 Å². The zero-order valence-corrected chi connectivity index (χ0v) is 11.5. The van der Waals surface area contributed by atoms with Gasteiger partial charge in [0.05, 0.1) is 10.6 Å². The summed E-state index contributed by atoms with van der Waals surface area (Å²) < 4.78 is 0. The van der Waals surface area contributed by atoms with Crippen LogP contribution < -0.4 is 11.1 Å². The maximum absolute atomic E-state index is 6.12. The number of benzene rings is 1. The van der Waals surface area contributed by atoms with E-state index in [1.54, 1.807) is 0 Å². The summed E-state index contributed by atoms with van der Waals surface area (Å²) in [6.45, 7) is 3.21. The Balaban J connectivity index is 2.15. The molecule has 17 heavy (non-hydrogen) atoms. The van der Waals surface area contributed by atoms with E-state index in [2.05, 4.69) is 12.2 Å². The maximum atomic E-state index is 6.12. The standard InChI is InChI=1S/C13H17ClN2S/c1-2-13(6-7-13)8-16-10-5-3-4-9(14)11(10)12(15)17/h3-5,16H,2,6-8H2,1H3,(H2,15,17). The molecule has 0 aromatic heterocycles. The summed E-state index contributed by atoms with van der Waals surface area (Å²) in [6.07, 6.45) is 3.82. The first-order valence-electron chi connectivity index (χ1n) is 5.90. The van der Waals surface area contributed by atoms with E-state index < -0.39 is 0 Å². The number of hydrogen-bond acceptors (Lipinski definition) is 2. The van der Waals surface area contributed by atoms with Crippen LogP contribution >= 0.6 is 23.8 Å². The molecule has 0 radical (unpaired) electrons. The van der Waals surface area contributed by atoms with Crippen LogP contribution in [0.2, 0.25) is 5.02 Å². The number of rotatable bonds is 5. The van der Waals surface area contributed by atoms with Crippen molar-refractivity contribution >= 4 is 34.5 Å². The average Bonchev–Trinajstić information content (AvgIpc) is 3.06. The van der Waals surface area contributed by atoms with Crippen molar-refractivity contribution in [3.63, 3.8) is 0 Å². The monoisotopic (exact) mass is 268 g/mol. The van der Waals surface area contributed by atoms with Crippen molar-refractivity contribution in [2.45, 2.75) is 26.2 Å². The summed E-state index contributed by atoms with van der Waals surface area (Å²) in [5.74, 6) is 0. The van der Waals surface area contributed by atoms with E-state index in [9.17, 15) is 0 Å². The van der Waals surface area contributed by atoms with Gasteiger partial charge in [0.15, 0.2) is 0 Å². The molecule has 1 saturated carbocycles. The third-order valence-corrected chi connectivity index (χ3v) is 4.14. The summed E-state index contributed by atoms with van der Waals surface area (Å²) in [7, 11) is 0. The van der Waals surface area contributed by atoms with Crippen LogP contribution in [-0.4, -0.2) is 11.5 Å². The fraction of sp³-hybridized carbons (Fsp3) is 0.462. The average molecular weight is 269 g/mol. The van der Waals surface area contributed by atoms with Gasteiger partial charge in [0, 0.05) is 12.2 Å². The molecule has 1 aliphatic rings. The lowest BCUT2D eigenvalue weighted by Crippen LogP contribution is -2.18. The van der Waals surface area contributed by atoms with Gasteiger partial charge in [-0.1, -0.05) is 36.8 Å². The molecule has 2 nitrogen and oxygen atoms in total. The van der Waals surface area contributed by atoms with Crippen LogP contribution in [0.5, 0.6) is 0 Å². The molecule has 0 amide bonds. The Bertz CT molecular complexity index is 441. The van der Waals surface area contributed by atoms with Gasteiger partial charge in [-0.05, 0) is 36.8 Å². The molecule has 0 unspecified atom stereocenters. The molecule has 0 spiro atoms. The maximum Gasteiger partial charge on any atom is 0.107 e. The van der Waals surface area contributed by atoms with Crippen LogP contribution in [0.4, 0.5) is 5.69 Å². The Morgan fingerprint density at radius 3 is 2.76 bits per heavy atom. The van der Waals surface area contributed by atoms with Crippen molar-refractivity contribution in [2.75, 3.05) is 11.9 Å². The van der Waals surface area contributed by atoms with Gasteiger partial charge in [0.2, 0.25) is 0 Å². The molecule has 0 bridgehead atoms. The van der Waals surface area contributed by atoms with E-state index in [0.717, 1.165) is 17.8 Å². The predicted molar refractivity (Wildman–Crippen MR) is 77.8 cm³/mol. The van der Waals surface area contributed by atoms with E-state index >= 15 is 0 Å². The molecule has 0 aliphatic heterocycles. The lowest BCUT2D eigenvalue weighted by Gasteiger charge is -2.17. The van der Waals surface area contributed by atoms with E-state index in [0.29, 0.717) is 15.4 Å². The molecule has 1 fully saturated rings. The Morgan fingerprint density at radius 1 is 1.53 bits per heavy atom. The number of thiocarbonyl (C=S) groups is 1. The molecule has 92 valence electrons. The Labute approximate surface area is 113 Å². The third kappa shape index (κ3) is 2.72. The topological polar surface area (TPSA) is 38.0 Å². The third-order valence-electron chi connectivity index (χ3n) is 3.62. The number of anilines is 1. The Kier molecular flexibility index (Phi) is 3.59. The summed E-state index contributed by atoms with van der Waals surface area (Å²) in [4.78, 5) is 0.347. The molecule has 1 aliphatic carbocycles. The predicted octanol–water partition coefficient (Wildman–Crippen LogP) is 3.58. The van der Waals surface area contributed by atoms with Crippen molar-refractivity contribution in [1.82, 2.24) is 0 Å². The first-order chi connectivity index (χ1) is 8.08. The van der Waals surface area contributed by atoms with E-state index in [1.165, 1.54) is 19.3 Å².